The minimum Gasteiger partial charge on any atom is -0.493 e. The molecule has 0 aliphatic carbocycles. The maximum atomic E-state index is 14.9. The second-order valence-electron chi connectivity index (χ2n) is 9.94. The number of Topliss-reactive ketones (excluding diaryl/α,β-unsaturated/α-hetero) is 1. The van der Waals surface area contributed by atoms with Gasteiger partial charge in [0.05, 0.1) is 19.8 Å². The number of aromatic nitrogens is 2. The number of carbonyl (C=O) groups excluding carboxylic acids is 1. The summed E-state index contributed by atoms with van der Waals surface area (Å²) in [4.78, 5) is 35.4. The van der Waals surface area contributed by atoms with Crippen molar-refractivity contribution in [3.05, 3.63) is 112 Å². The maximum absolute atomic E-state index is 14.9. The average Bonchev–Trinajstić information content (AvgIpc) is 3.00. The van der Waals surface area contributed by atoms with Gasteiger partial charge in [0.2, 0.25) is 5.95 Å². The van der Waals surface area contributed by atoms with E-state index in [1.807, 2.05) is 24.3 Å². The molecule has 0 radical (unpaired) electrons. The minimum atomic E-state index is -1.52. The predicted octanol–water partition coefficient (Wildman–Crippen LogP) is 3.62. The fourth-order valence-electron chi connectivity index (χ4n) is 5.63. The molecule has 0 bridgehead atoms. The Labute approximate surface area is 243 Å². The van der Waals surface area contributed by atoms with Crippen molar-refractivity contribution in [2.24, 2.45) is 0 Å². The molecule has 0 saturated carbocycles. The molecule has 10 heteroatoms. The van der Waals surface area contributed by atoms with Crippen LogP contribution in [0.3, 0.4) is 0 Å². The van der Waals surface area contributed by atoms with Gasteiger partial charge in [-0.1, -0.05) is 49.0 Å². The van der Waals surface area contributed by atoms with E-state index in [0.717, 1.165) is 11.1 Å². The number of aromatic carboxylic acids is 1. The minimum absolute atomic E-state index is 0.0139. The zero-order valence-corrected chi connectivity index (χ0v) is 23.3. The highest BCUT2D eigenvalue weighted by Crippen LogP contribution is 2.44. The smallest absolute Gasteiger partial charge is 0.336 e. The molecule has 0 saturated heterocycles. The number of nitrogens with two attached hydrogens (primary N) is 2. The average molecular weight is 566 g/mol. The van der Waals surface area contributed by atoms with E-state index in [9.17, 15) is 14.7 Å². The summed E-state index contributed by atoms with van der Waals surface area (Å²) in [5, 5.41) is 13.5. The molecule has 10 nitrogen and oxygen atoms in total. The molecule has 2 heterocycles. The van der Waals surface area contributed by atoms with Crippen LogP contribution in [-0.4, -0.2) is 47.6 Å². The van der Waals surface area contributed by atoms with E-state index in [0.29, 0.717) is 53.1 Å². The van der Waals surface area contributed by atoms with Crippen LogP contribution in [0, 0.1) is 0 Å². The monoisotopic (exact) mass is 565 g/mol. The number of carboxylic acids is 1. The summed E-state index contributed by atoms with van der Waals surface area (Å²) in [5.41, 5.74) is 14.0. The van der Waals surface area contributed by atoms with Gasteiger partial charge < -0.3 is 26.0 Å². The van der Waals surface area contributed by atoms with Crippen LogP contribution in [0.4, 0.5) is 11.8 Å². The summed E-state index contributed by atoms with van der Waals surface area (Å²) >= 11 is 0. The molecule has 42 heavy (non-hydrogen) atoms. The van der Waals surface area contributed by atoms with E-state index < -0.39 is 17.3 Å². The second kappa shape index (κ2) is 11.3. The van der Waals surface area contributed by atoms with E-state index in [4.69, 9.17) is 20.9 Å². The summed E-state index contributed by atoms with van der Waals surface area (Å²) in [5.74, 6) is -0.567. The lowest BCUT2D eigenvalue weighted by Crippen LogP contribution is -2.54. The number of hydrogen-bond donors (Lipinski definition) is 4. The van der Waals surface area contributed by atoms with Crippen LogP contribution in [-0.2, 0) is 23.2 Å². The zero-order valence-electron chi connectivity index (χ0n) is 23.3. The number of benzene rings is 3. The highest BCUT2D eigenvalue weighted by atomic mass is 16.5. The number of anilines is 2. The molecule has 214 valence electrons. The van der Waals surface area contributed by atoms with E-state index in [2.05, 4.69) is 21.9 Å². The number of ether oxygens (including phenoxy) is 2. The fraction of sp³-hybridized carbons (Fsp3) is 0.188. The molecule has 0 fully saturated rings. The van der Waals surface area contributed by atoms with E-state index >= 15 is 0 Å². The first-order valence-corrected chi connectivity index (χ1v) is 13.2. The molecule has 1 aromatic heterocycles. The van der Waals surface area contributed by atoms with Gasteiger partial charge >= 0.3 is 5.97 Å². The van der Waals surface area contributed by atoms with Crippen molar-refractivity contribution in [3.63, 3.8) is 0 Å². The predicted molar refractivity (Wildman–Crippen MR) is 160 cm³/mol. The molecule has 1 aliphatic heterocycles. The number of carboxylic acid groups (broad SMARTS) is 1. The Hall–Kier alpha value is -5.22. The molecule has 0 amide bonds. The number of fused-ring (bicyclic) bond motifs is 1. The number of nitrogen functional groups attached to an aromatic ring is 2. The molecule has 4 aromatic rings. The van der Waals surface area contributed by atoms with Gasteiger partial charge in [-0.25, -0.2) is 9.78 Å². The number of ketones is 1. The van der Waals surface area contributed by atoms with Crippen molar-refractivity contribution in [2.75, 3.05) is 32.2 Å². The van der Waals surface area contributed by atoms with Gasteiger partial charge in [0.15, 0.2) is 17.3 Å². The van der Waals surface area contributed by atoms with E-state index in [-0.39, 0.29) is 22.9 Å². The third kappa shape index (κ3) is 4.82. The van der Waals surface area contributed by atoms with Crippen LogP contribution >= 0.6 is 0 Å². The lowest BCUT2D eigenvalue weighted by atomic mass is 9.70. The Morgan fingerprint density at radius 1 is 1.02 bits per heavy atom. The summed E-state index contributed by atoms with van der Waals surface area (Å²) in [7, 11) is 2.98. The lowest BCUT2D eigenvalue weighted by Gasteiger charge is -2.40. The third-order valence-corrected chi connectivity index (χ3v) is 7.56. The quantitative estimate of drug-likeness (QED) is 0.221. The Bertz CT molecular complexity index is 1720. The fourth-order valence-corrected chi connectivity index (χ4v) is 5.63. The largest absolute Gasteiger partial charge is 0.493 e. The van der Waals surface area contributed by atoms with Gasteiger partial charge in [-0.05, 0) is 46.9 Å². The first kappa shape index (κ1) is 28.3. The van der Waals surface area contributed by atoms with Crippen LogP contribution in [0.25, 0.3) is 5.57 Å². The van der Waals surface area contributed by atoms with Gasteiger partial charge in [-0.3, -0.25) is 10.1 Å². The molecule has 3 aromatic carbocycles. The van der Waals surface area contributed by atoms with E-state index in [1.54, 1.807) is 36.5 Å². The first-order valence-electron chi connectivity index (χ1n) is 13.2. The highest BCUT2D eigenvalue weighted by Gasteiger charge is 2.48. The van der Waals surface area contributed by atoms with Crippen molar-refractivity contribution in [1.29, 1.82) is 0 Å². The van der Waals surface area contributed by atoms with Crippen LogP contribution in [0.15, 0.2) is 73.4 Å². The van der Waals surface area contributed by atoms with Crippen molar-refractivity contribution < 1.29 is 24.2 Å². The number of carbonyl (C=O) groups is 2. The van der Waals surface area contributed by atoms with Crippen molar-refractivity contribution >= 4 is 29.1 Å². The van der Waals surface area contributed by atoms with Crippen molar-refractivity contribution in [3.8, 4) is 11.5 Å². The molecular weight excluding hydrogens is 534 g/mol. The molecule has 1 unspecified atom stereocenters. The Kier molecular flexibility index (Phi) is 7.64. The number of nitrogens with one attached hydrogen (secondary N) is 1. The molecule has 6 N–H and O–H groups in total. The van der Waals surface area contributed by atoms with Crippen LogP contribution in [0.5, 0.6) is 11.5 Å². The van der Waals surface area contributed by atoms with Gasteiger partial charge in [0, 0.05) is 35.9 Å². The molecule has 5 rings (SSSR count). The van der Waals surface area contributed by atoms with Crippen LogP contribution in [0.2, 0.25) is 0 Å². The van der Waals surface area contributed by atoms with Crippen LogP contribution < -0.4 is 26.3 Å². The number of rotatable bonds is 9. The Morgan fingerprint density at radius 2 is 1.74 bits per heavy atom. The maximum Gasteiger partial charge on any atom is 0.336 e. The molecular formula is C32H31N5O5. The Balaban J connectivity index is 1.70. The van der Waals surface area contributed by atoms with Crippen LogP contribution in [0.1, 0.15) is 43.7 Å². The summed E-state index contributed by atoms with van der Waals surface area (Å²) in [6.07, 6.45) is 2.54. The third-order valence-electron chi connectivity index (χ3n) is 7.56. The number of hydrogen-bond acceptors (Lipinski definition) is 9. The zero-order chi connectivity index (χ0) is 30.0. The van der Waals surface area contributed by atoms with Crippen molar-refractivity contribution in [1.82, 2.24) is 15.3 Å². The summed E-state index contributed by atoms with van der Waals surface area (Å²) < 4.78 is 11.4. The summed E-state index contributed by atoms with van der Waals surface area (Å²) in [6, 6.07) is 17.6. The SMILES string of the molecule is C=C(C(=O)C1(c2ccccc2C(=O)O)NCCc2ccccc21)c1cc(Cc2cnc(N)nc2N)cc(OC)c1OC. The standard InChI is InChI=1S/C32H31N5O5/c1-18(23-15-19(16-26(41-2)27(23)42-3)14-21-17-35-31(34)37-29(21)33)28(38)32(25-11-7-5-9-22(25)30(39)40)24-10-6-4-8-20(24)12-13-36-32/h4-11,15-17,36H,1,12-14H2,2-3H3,(H,39,40)(H4,33,34,35,37). The molecule has 1 atom stereocenters. The highest BCUT2D eigenvalue weighted by molar-refractivity contribution is 6.27. The van der Waals surface area contributed by atoms with Gasteiger partial charge in [0.25, 0.3) is 0 Å². The Morgan fingerprint density at radius 3 is 2.43 bits per heavy atom. The van der Waals surface area contributed by atoms with E-state index in [1.165, 1.54) is 20.3 Å². The summed E-state index contributed by atoms with van der Waals surface area (Å²) in [6.45, 7) is 4.69. The van der Waals surface area contributed by atoms with Gasteiger partial charge in [-0.15, -0.1) is 0 Å². The molecule has 0 spiro atoms. The lowest BCUT2D eigenvalue weighted by molar-refractivity contribution is -0.118. The van der Waals surface area contributed by atoms with Crippen molar-refractivity contribution in [2.45, 2.75) is 18.4 Å². The normalized spacial score (nSPS) is 15.9. The molecule has 1 aliphatic rings. The number of methoxy groups -OCH3 is 2. The topological polar surface area (TPSA) is 163 Å². The second-order valence-corrected chi connectivity index (χ2v) is 9.94. The van der Waals surface area contributed by atoms with Gasteiger partial charge in [-0.2, -0.15) is 4.98 Å². The van der Waals surface area contributed by atoms with Gasteiger partial charge in [0.1, 0.15) is 11.4 Å². The number of nitrogens with zero attached hydrogens (tertiary/aromatic N) is 2. The first-order chi connectivity index (χ1) is 20.2.